The fourth-order valence-corrected chi connectivity index (χ4v) is 1.59. The molecule has 0 saturated heterocycles. The summed E-state index contributed by atoms with van der Waals surface area (Å²) in [4.78, 5) is 2.37. The van der Waals surface area contributed by atoms with Crippen LogP contribution in [0.5, 0.6) is 0 Å². The summed E-state index contributed by atoms with van der Waals surface area (Å²) in [5.41, 5.74) is 1.29. The van der Waals surface area contributed by atoms with E-state index >= 15 is 0 Å². The highest BCUT2D eigenvalue weighted by atomic mass is 15.1. The van der Waals surface area contributed by atoms with E-state index in [-0.39, 0.29) is 0 Å². The Morgan fingerprint density at radius 2 is 1.93 bits per heavy atom. The van der Waals surface area contributed by atoms with Gasteiger partial charge >= 0.3 is 0 Å². The second-order valence-corrected chi connectivity index (χ2v) is 4.37. The molecule has 0 aromatic heterocycles. The Hall–Kier alpha value is -0.340. The van der Waals surface area contributed by atoms with Gasteiger partial charge in [0.2, 0.25) is 0 Å². The second kappa shape index (κ2) is 10.2. The molecule has 0 heterocycles. The lowest BCUT2D eigenvalue weighted by Gasteiger charge is -2.18. The molecule has 0 spiro atoms. The molecule has 15 heavy (non-hydrogen) atoms. The van der Waals surface area contributed by atoms with E-state index in [0.717, 1.165) is 19.6 Å². The first-order valence-electron chi connectivity index (χ1n) is 6.26. The van der Waals surface area contributed by atoms with Crippen LogP contribution in [0.15, 0.2) is 12.2 Å². The van der Waals surface area contributed by atoms with Crippen molar-refractivity contribution in [3.05, 3.63) is 12.2 Å². The van der Waals surface area contributed by atoms with Gasteiger partial charge in [-0.2, -0.15) is 0 Å². The predicted molar refractivity (Wildman–Crippen MR) is 69.3 cm³/mol. The SMILES string of the molecule is C=C(CNCCC)CN(C)CCCCC. The zero-order chi connectivity index (χ0) is 11.5. The van der Waals surface area contributed by atoms with E-state index in [1.807, 2.05) is 0 Å². The molecule has 2 nitrogen and oxygen atoms in total. The standard InChI is InChI=1S/C13H28N2/c1-5-7-8-10-15(4)12-13(3)11-14-9-6-2/h14H,3,5-12H2,1-2,4H3. The minimum Gasteiger partial charge on any atom is -0.313 e. The van der Waals surface area contributed by atoms with Crippen LogP contribution in [0.4, 0.5) is 0 Å². The monoisotopic (exact) mass is 212 g/mol. The van der Waals surface area contributed by atoms with Crippen molar-refractivity contribution < 1.29 is 0 Å². The van der Waals surface area contributed by atoms with Crippen LogP contribution in [0.1, 0.15) is 39.5 Å². The highest BCUT2D eigenvalue weighted by Crippen LogP contribution is 1.99. The summed E-state index contributed by atoms with van der Waals surface area (Å²) in [7, 11) is 2.18. The van der Waals surface area contributed by atoms with Crippen LogP contribution < -0.4 is 5.32 Å². The minimum atomic E-state index is 0.964. The molecule has 2 heteroatoms. The molecular formula is C13H28N2. The maximum Gasteiger partial charge on any atom is 0.0199 e. The molecule has 0 fully saturated rings. The van der Waals surface area contributed by atoms with Gasteiger partial charge in [-0.05, 0) is 38.6 Å². The normalized spacial score (nSPS) is 10.9. The van der Waals surface area contributed by atoms with Crippen molar-refractivity contribution in [2.75, 3.05) is 33.2 Å². The van der Waals surface area contributed by atoms with Crippen LogP contribution >= 0.6 is 0 Å². The molecule has 0 aliphatic heterocycles. The van der Waals surface area contributed by atoms with E-state index in [0.29, 0.717) is 0 Å². The summed E-state index contributed by atoms with van der Waals surface area (Å²) in [6, 6.07) is 0. The summed E-state index contributed by atoms with van der Waals surface area (Å²) < 4.78 is 0. The first-order chi connectivity index (χ1) is 7.20. The van der Waals surface area contributed by atoms with Gasteiger partial charge in [0.1, 0.15) is 0 Å². The second-order valence-electron chi connectivity index (χ2n) is 4.37. The van der Waals surface area contributed by atoms with Gasteiger partial charge in [-0.15, -0.1) is 0 Å². The summed E-state index contributed by atoms with van der Waals surface area (Å²) >= 11 is 0. The number of unbranched alkanes of at least 4 members (excludes halogenated alkanes) is 2. The molecule has 0 atom stereocenters. The average Bonchev–Trinajstić information content (AvgIpc) is 2.18. The van der Waals surface area contributed by atoms with Crippen LogP contribution in [-0.4, -0.2) is 38.1 Å². The number of likely N-dealkylation sites (N-methyl/N-ethyl adjacent to an activating group) is 1. The molecule has 0 aromatic rings. The summed E-state index contributed by atoms with van der Waals surface area (Å²) in [6.07, 6.45) is 5.14. The fourth-order valence-electron chi connectivity index (χ4n) is 1.59. The molecule has 0 aromatic carbocycles. The fraction of sp³-hybridized carbons (Fsp3) is 0.846. The van der Waals surface area contributed by atoms with Crippen molar-refractivity contribution in [1.82, 2.24) is 10.2 Å². The Labute approximate surface area is 95.7 Å². The van der Waals surface area contributed by atoms with Crippen LogP contribution in [0.25, 0.3) is 0 Å². The van der Waals surface area contributed by atoms with Gasteiger partial charge in [0, 0.05) is 13.1 Å². The smallest absolute Gasteiger partial charge is 0.0199 e. The molecule has 0 rings (SSSR count). The Morgan fingerprint density at radius 1 is 1.20 bits per heavy atom. The lowest BCUT2D eigenvalue weighted by Crippen LogP contribution is -2.27. The third-order valence-corrected chi connectivity index (χ3v) is 2.44. The molecule has 0 bridgehead atoms. The van der Waals surface area contributed by atoms with Gasteiger partial charge in [-0.3, -0.25) is 0 Å². The third-order valence-electron chi connectivity index (χ3n) is 2.44. The molecule has 0 saturated carbocycles. The number of hydrogen-bond donors (Lipinski definition) is 1. The molecule has 0 amide bonds. The van der Waals surface area contributed by atoms with Crippen molar-refractivity contribution in [3.8, 4) is 0 Å². The van der Waals surface area contributed by atoms with Crippen molar-refractivity contribution in [1.29, 1.82) is 0 Å². The van der Waals surface area contributed by atoms with Gasteiger partial charge in [-0.25, -0.2) is 0 Å². The van der Waals surface area contributed by atoms with E-state index in [4.69, 9.17) is 0 Å². The Balaban J connectivity index is 3.40. The lowest BCUT2D eigenvalue weighted by molar-refractivity contribution is 0.348. The van der Waals surface area contributed by atoms with Gasteiger partial charge < -0.3 is 10.2 Å². The first kappa shape index (κ1) is 14.7. The summed E-state index contributed by atoms with van der Waals surface area (Å²) in [5.74, 6) is 0. The Morgan fingerprint density at radius 3 is 2.53 bits per heavy atom. The van der Waals surface area contributed by atoms with E-state index in [2.05, 4.69) is 37.7 Å². The van der Waals surface area contributed by atoms with Gasteiger partial charge in [0.05, 0.1) is 0 Å². The maximum atomic E-state index is 4.09. The molecule has 0 aliphatic carbocycles. The van der Waals surface area contributed by atoms with E-state index < -0.39 is 0 Å². The molecule has 90 valence electrons. The molecule has 0 radical (unpaired) electrons. The van der Waals surface area contributed by atoms with Crippen LogP contribution in [0, 0.1) is 0 Å². The zero-order valence-electron chi connectivity index (χ0n) is 10.8. The zero-order valence-corrected chi connectivity index (χ0v) is 10.8. The van der Waals surface area contributed by atoms with Gasteiger partial charge in [0.25, 0.3) is 0 Å². The largest absolute Gasteiger partial charge is 0.313 e. The van der Waals surface area contributed by atoms with Crippen molar-refractivity contribution in [3.63, 3.8) is 0 Å². The van der Waals surface area contributed by atoms with Crippen LogP contribution in [0.3, 0.4) is 0 Å². The number of nitrogens with zero attached hydrogens (tertiary/aromatic N) is 1. The first-order valence-corrected chi connectivity index (χ1v) is 6.26. The summed E-state index contributed by atoms with van der Waals surface area (Å²) in [5, 5.41) is 3.38. The molecule has 0 aliphatic rings. The average molecular weight is 212 g/mol. The van der Waals surface area contributed by atoms with Gasteiger partial charge in [0.15, 0.2) is 0 Å². The van der Waals surface area contributed by atoms with Crippen molar-refractivity contribution in [2.24, 2.45) is 0 Å². The Bertz CT molecular complexity index is 155. The lowest BCUT2D eigenvalue weighted by atomic mass is 10.2. The summed E-state index contributed by atoms with van der Waals surface area (Å²) in [6.45, 7) is 12.8. The van der Waals surface area contributed by atoms with E-state index in [1.165, 1.54) is 37.8 Å². The number of nitrogens with one attached hydrogen (secondary N) is 1. The number of rotatable bonds is 10. The van der Waals surface area contributed by atoms with Crippen LogP contribution in [0.2, 0.25) is 0 Å². The maximum absolute atomic E-state index is 4.09. The highest BCUT2D eigenvalue weighted by Gasteiger charge is 2.00. The molecular weight excluding hydrogens is 184 g/mol. The van der Waals surface area contributed by atoms with Gasteiger partial charge in [-0.1, -0.05) is 33.3 Å². The topological polar surface area (TPSA) is 15.3 Å². The van der Waals surface area contributed by atoms with Crippen LogP contribution in [-0.2, 0) is 0 Å². The van der Waals surface area contributed by atoms with Crippen molar-refractivity contribution in [2.45, 2.75) is 39.5 Å². The minimum absolute atomic E-state index is 0.964. The highest BCUT2D eigenvalue weighted by molar-refractivity contribution is 4.99. The van der Waals surface area contributed by atoms with E-state index in [1.54, 1.807) is 0 Å². The van der Waals surface area contributed by atoms with E-state index in [9.17, 15) is 0 Å². The predicted octanol–water partition coefficient (Wildman–Crippen LogP) is 2.66. The molecule has 1 N–H and O–H groups in total. The Kier molecular flexibility index (Phi) is 9.96. The quantitative estimate of drug-likeness (QED) is 0.442. The van der Waals surface area contributed by atoms with Crippen molar-refractivity contribution >= 4 is 0 Å². The number of hydrogen-bond acceptors (Lipinski definition) is 2. The third kappa shape index (κ3) is 9.95. The molecule has 0 unspecified atom stereocenters.